The summed E-state index contributed by atoms with van der Waals surface area (Å²) < 4.78 is 0. The van der Waals surface area contributed by atoms with E-state index in [4.69, 9.17) is 0 Å². The van der Waals surface area contributed by atoms with Crippen molar-refractivity contribution in [1.29, 1.82) is 0 Å². The van der Waals surface area contributed by atoms with Crippen LogP contribution in [0.4, 0.5) is 0 Å². The molecule has 0 aliphatic carbocycles. The van der Waals surface area contributed by atoms with Crippen LogP contribution in [0.1, 0.15) is 24.9 Å². The van der Waals surface area contributed by atoms with Crippen molar-refractivity contribution in [3.63, 3.8) is 0 Å². The molecule has 3 heteroatoms. The number of H-pyrrole nitrogens is 1. The van der Waals surface area contributed by atoms with Crippen LogP contribution in [0.3, 0.4) is 0 Å². The molecule has 1 aliphatic rings. The van der Waals surface area contributed by atoms with Gasteiger partial charge in [-0.15, -0.1) is 0 Å². The topological polar surface area (TPSA) is 36.1 Å². The number of hydrogen-bond donors (Lipinski definition) is 1. The molecule has 2 atom stereocenters. The number of carbonyl (C=O) groups excluding carboxylic acids is 1. The standard InChI is InChI=1S/C15H18N2O/c1-10-14(18)7-8-17(2)15(10)12-9-16-13-6-4-3-5-11(12)13/h3-6,9-10,15-16H,7-8H2,1-2H3/t10-,15-/m0/s1. The SMILES string of the molecule is C[C@H]1C(=O)CCN(C)[C@@H]1c1c[nH]c2ccccc12. The Balaban J connectivity index is 2.09. The first-order valence-corrected chi connectivity index (χ1v) is 6.47. The number of fused-ring (bicyclic) bond motifs is 1. The second kappa shape index (κ2) is 4.25. The van der Waals surface area contributed by atoms with Crippen molar-refractivity contribution in [2.45, 2.75) is 19.4 Å². The number of likely N-dealkylation sites (tertiary alicyclic amines) is 1. The molecule has 94 valence electrons. The average Bonchev–Trinajstić information content (AvgIpc) is 2.79. The highest BCUT2D eigenvalue weighted by Gasteiger charge is 2.34. The Morgan fingerprint density at radius 2 is 2.11 bits per heavy atom. The molecule has 1 aromatic heterocycles. The first-order chi connectivity index (χ1) is 8.68. The molecule has 0 unspecified atom stereocenters. The number of aromatic amines is 1. The predicted octanol–water partition coefficient (Wildman–Crippen LogP) is 2.75. The maximum Gasteiger partial charge on any atom is 0.138 e. The molecule has 0 saturated carbocycles. The summed E-state index contributed by atoms with van der Waals surface area (Å²) >= 11 is 0. The van der Waals surface area contributed by atoms with Gasteiger partial charge in [0.15, 0.2) is 0 Å². The minimum absolute atomic E-state index is 0.0722. The molecular weight excluding hydrogens is 224 g/mol. The van der Waals surface area contributed by atoms with Crippen molar-refractivity contribution in [3.05, 3.63) is 36.0 Å². The second-order valence-corrected chi connectivity index (χ2v) is 5.22. The zero-order chi connectivity index (χ0) is 12.7. The summed E-state index contributed by atoms with van der Waals surface area (Å²) in [5, 5.41) is 1.23. The highest BCUT2D eigenvalue weighted by molar-refractivity contribution is 5.87. The minimum atomic E-state index is 0.0722. The smallest absolute Gasteiger partial charge is 0.138 e. The van der Waals surface area contributed by atoms with Gasteiger partial charge in [0.25, 0.3) is 0 Å². The highest BCUT2D eigenvalue weighted by Crippen LogP contribution is 2.36. The van der Waals surface area contributed by atoms with E-state index in [2.05, 4.69) is 41.3 Å². The third kappa shape index (κ3) is 1.66. The Bertz CT molecular complexity index is 587. The van der Waals surface area contributed by atoms with Gasteiger partial charge in [0.05, 0.1) is 0 Å². The van der Waals surface area contributed by atoms with Crippen LogP contribution >= 0.6 is 0 Å². The quantitative estimate of drug-likeness (QED) is 0.834. The van der Waals surface area contributed by atoms with Crippen LogP contribution in [-0.4, -0.2) is 29.3 Å². The molecule has 18 heavy (non-hydrogen) atoms. The van der Waals surface area contributed by atoms with Crippen molar-refractivity contribution in [2.24, 2.45) is 5.92 Å². The lowest BCUT2D eigenvalue weighted by Gasteiger charge is -2.36. The largest absolute Gasteiger partial charge is 0.361 e. The fraction of sp³-hybridized carbons (Fsp3) is 0.400. The molecule has 0 radical (unpaired) electrons. The van der Waals surface area contributed by atoms with E-state index in [-0.39, 0.29) is 12.0 Å². The van der Waals surface area contributed by atoms with Gasteiger partial charge in [-0.05, 0) is 18.7 Å². The lowest BCUT2D eigenvalue weighted by Crippen LogP contribution is -2.40. The van der Waals surface area contributed by atoms with Crippen LogP contribution in [0, 0.1) is 5.92 Å². The van der Waals surface area contributed by atoms with Gasteiger partial charge in [-0.1, -0.05) is 25.1 Å². The Labute approximate surface area is 107 Å². The molecular formula is C15H18N2O. The summed E-state index contributed by atoms with van der Waals surface area (Å²) in [5.41, 5.74) is 2.39. The lowest BCUT2D eigenvalue weighted by molar-refractivity contribution is -0.127. The number of aromatic nitrogens is 1. The maximum atomic E-state index is 11.9. The Morgan fingerprint density at radius 3 is 2.94 bits per heavy atom. The first-order valence-electron chi connectivity index (χ1n) is 6.47. The fourth-order valence-electron chi connectivity index (χ4n) is 3.06. The number of carbonyl (C=O) groups is 1. The van der Waals surface area contributed by atoms with E-state index in [1.54, 1.807) is 0 Å². The third-order valence-corrected chi connectivity index (χ3v) is 4.11. The van der Waals surface area contributed by atoms with E-state index >= 15 is 0 Å². The van der Waals surface area contributed by atoms with Gasteiger partial charge < -0.3 is 4.98 Å². The molecule has 3 nitrogen and oxygen atoms in total. The van der Waals surface area contributed by atoms with Gasteiger partial charge in [-0.25, -0.2) is 0 Å². The van der Waals surface area contributed by atoms with Gasteiger partial charge in [0, 0.05) is 42.0 Å². The second-order valence-electron chi connectivity index (χ2n) is 5.22. The van der Waals surface area contributed by atoms with Gasteiger partial charge in [-0.3, -0.25) is 9.69 Å². The van der Waals surface area contributed by atoms with Crippen molar-refractivity contribution >= 4 is 16.7 Å². The zero-order valence-corrected chi connectivity index (χ0v) is 10.8. The predicted molar refractivity (Wildman–Crippen MR) is 72.5 cm³/mol. The molecule has 2 aromatic rings. The van der Waals surface area contributed by atoms with Crippen molar-refractivity contribution in [1.82, 2.24) is 9.88 Å². The number of nitrogens with one attached hydrogen (secondary N) is 1. The van der Waals surface area contributed by atoms with E-state index in [1.165, 1.54) is 10.9 Å². The van der Waals surface area contributed by atoms with Crippen LogP contribution in [0.5, 0.6) is 0 Å². The number of hydrogen-bond acceptors (Lipinski definition) is 2. The van der Waals surface area contributed by atoms with E-state index in [1.807, 2.05) is 13.0 Å². The maximum absolute atomic E-state index is 11.9. The number of para-hydroxylation sites is 1. The first kappa shape index (κ1) is 11.5. The highest BCUT2D eigenvalue weighted by atomic mass is 16.1. The Morgan fingerprint density at radius 1 is 1.33 bits per heavy atom. The number of benzene rings is 1. The summed E-state index contributed by atoms with van der Waals surface area (Å²) in [6.07, 6.45) is 2.73. The summed E-state index contributed by atoms with van der Waals surface area (Å²) in [4.78, 5) is 17.5. The van der Waals surface area contributed by atoms with E-state index in [9.17, 15) is 4.79 Å². The number of Topliss-reactive ketones (excluding diaryl/α,β-unsaturated/α-hetero) is 1. The molecule has 1 N–H and O–H groups in total. The molecule has 0 amide bonds. The van der Waals surface area contributed by atoms with Gasteiger partial charge >= 0.3 is 0 Å². The summed E-state index contributed by atoms with van der Waals surface area (Å²) in [7, 11) is 2.11. The van der Waals surface area contributed by atoms with Gasteiger partial charge in [0.2, 0.25) is 0 Å². The van der Waals surface area contributed by atoms with Crippen LogP contribution < -0.4 is 0 Å². The summed E-state index contributed by atoms with van der Waals surface area (Å²) in [5.74, 6) is 0.450. The van der Waals surface area contributed by atoms with Crippen molar-refractivity contribution < 1.29 is 4.79 Å². The monoisotopic (exact) mass is 242 g/mol. The number of ketones is 1. The molecule has 1 fully saturated rings. The summed E-state index contributed by atoms with van der Waals surface area (Å²) in [6.45, 7) is 2.90. The van der Waals surface area contributed by atoms with Crippen LogP contribution in [0.15, 0.2) is 30.5 Å². The van der Waals surface area contributed by atoms with Crippen molar-refractivity contribution in [3.8, 4) is 0 Å². The van der Waals surface area contributed by atoms with Gasteiger partial charge in [0.1, 0.15) is 5.78 Å². The Kier molecular flexibility index (Phi) is 2.71. The van der Waals surface area contributed by atoms with E-state index < -0.39 is 0 Å². The molecule has 2 heterocycles. The van der Waals surface area contributed by atoms with Crippen LogP contribution in [0.25, 0.3) is 10.9 Å². The van der Waals surface area contributed by atoms with E-state index in [0.717, 1.165) is 12.1 Å². The summed E-state index contributed by atoms with van der Waals surface area (Å²) in [6, 6.07) is 8.48. The van der Waals surface area contributed by atoms with Crippen LogP contribution in [-0.2, 0) is 4.79 Å². The molecule has 0 bridgehead atoms. The molecule has 3 rings (SSSR count). The van der Waals surface area contributed by atoms with Crippen molar-refractivity contribution in [2.75, 3.05) is 13.6 Å². The van der Waals surface area contributed by atoms with E-state index in [0.29, 0.717) is 12.2 Å². The Hall–Kier alpha value is -1.61. The normalized spacial score (nSPS) is 25.8. The fourth-order valence-corrected chi connectivity index (χ4v) is 3.06. The average molecular weight is 242 g/mol. The third-order valence-electron chi connectivity index (χ3n) is 4.11. The molecule has 1 aliphatic heterocycles. The zero-order valence-electron chi connectivity index (χ0n) is 10.8. The minimum Gasteiger partial charge on any atom is -0.361 e. The number of rotatable bonds is 1. The lowest BCUT2D eigenvalue weighted by atomic mass is 9.85. The number of piperidine rings is 1. The molecule has 1 aromatic carbocycles. The number of nitrogens with zero attached hydrogens (tertiary/aromatic N) is 1. The van der Waals surface area contributed by atoms with Gasteiger partial charge in [-0.2, -0.15) is 0 Å². The molecule has 1 saturated heterocycles. The molecule has 0 spiro atoms. The van der Waals surface area contributed by atoms with Crippen LogP contribution in [0.2, 0.25) is 0 Å².